The van der Waals surface area contributed by atoms with Gasteiger partial charge in [-0.25, -0.2) is 0 Å². The summed E-state index contributed by atoms with van der Waals surface area (Å²) in [4.78, 5) is 12.2. The molecular weight excluding hydrogens is 260 g/mol. The molecule has 19 heavy (non-hydrogen) atoms. The molecule has 0 aliphatic carbocycles. The smallest absolute Gasteiger partial charge is 0.256 e. The van der Waals surface area contributed by atoms with Gasteiger partial charge in [0, 0.05) is 22.0 Å². The molecule has 3 nitrogen and oxygen atoms in total. The summed E-state index contributed by atoms with van der Waals surface area (Å²) in [5.41, 5.74) is 9.36. The quantitative estimate of drug-likeness (QED) is 0.819. The summed E-state index contributed by atoms with van der Waals surface area (Å²) in [7, 11) is 0. The van der Waals surface area contributed by atoms with Crippen LogP contribution in [-0.4, -0.2) is 5.91 Å². The molecule has 4 heteroatoms. The van der Waals surface area contributed by atoms with E-state index in [2.05, 4.69) is 5.32 Å². The lowest BCUT2D eigenvalue weighted by atomic mass is 10.1. The van der Waals surface area contributed by atoms with E-state index in [4.69, 9.17) is 17.3 Å². The molecule has 0 saturated carbocycles. The molecular formula is C15H15ClN2O. The number of nitrogens with one attached hydrogen (secondary N) is 1. The number of anilines is 2. The maximum atomic E-state index is 12.2. The van der Waals surface area contributed by atoms with Gasteiger partial charge in [0.05, 0.1) is 0 Å². The molecule has 2 aromatic carbocycles. The van der Waals surface area contributed by atoms with Crippen molar-refractivity contribution in [3.63, 3.8) is 0 Å². The Morgan fingerprint density at radius 3 is 2.47 bits per heavy atom. The van der Waals surface area contributed by atoms with Gasteiger partial charge in [0.2, 0.25) is 0 Å². The third-order valence-electron chi connectivity index (χ3n) is 2.94. The monoisotopic (exact) mass is 274 g/mol. The van der Waals surface area contributed by atoms with Crippen LogP contribution in [0.4, 0.5) is 11.4 Å². The van der Waals surface area contributed by atoms with E-state index >= 15 is 0 Å². The predicted molar refractivity (Wildman–Crippen MR) is 79.7 cm³/mol. The molecule has 0 aliphatic rings. The van der Waals surface area contributed by atoms with Gasteiger partial charge in [0.1, 0.15) is 0 Å². The summed E-state index contributed by atoms with van der Waals surface area (Å²) in [5, 5.41) is 3.44. The fraction of sp³-hybridized carbons (Fsp3) is 0.133. The van der Waals surface area contributed by atoms with Crippen molar-refractivity contribution in [2.45, 2.75) is 13.8 Å². The van der Waals surface area contributed by atoms with Crippen molar-refractivity contribution in [3.05, 3.63) is 58.1 Å². The van der Waals surface area contributed by atoms with Crippen LogP contribution in [0.15, 0.2) is 36.4 Å². The Balaban J connectivity index is 2.25. The van der Waals surface area contributed by atoms with E-state index in [0.717, 1.165) is 11.1 Å². The summed E-state index contributed by atoms with van der Waals surface area (Å²) in [6.45, 7) is 3.78. The van der Waals surface area contributed by atoms with Gasteiger partial charge >= 0.3 is 0 Å². The molecule has 0 unspecified atom stereocenters. The van der Waals surface area contributed by atoms with E-state index < -0.39 is 0 Å². The first-order valence-corrected chi connectivity index (χ1v) is 6.29. The molecule has 3 N–H and O–H groups in total. The SMILES string of the molecule is Cc1ccc(NC(=O)c2cc(N)ccc2C)cc1Cl. The molecule has 0 spiro atoms. The first-order valence-electron chi connectivity index (χ1n) is 5.91. The Morgan fingerprint density at radius 2 is 1.79 bits per heavy atom. The number of hydrogen-bond acceptors (Lipinski definition) is 2. The fourth-order valence-electron chi connectivity index (χ4n) is 1.75. The van der Waals surface area contributed by atoms with Gasteiger partial charge in [-0.05, 0) is 49.2 Å². The first-order chi connectivity index (χ1) is 8.97. The van der Waals surface area contributed by atoms with Gasteiger partial charge < -0.3 is 11.1 Å². The zero-order valence-electron chi connectivity index (χ0n) is 10.8. The second-order valence-corrected chi connectivity index (χ2v) is 4.90. The topological polar surface area (TPSA) is 55.1 Å². The van der Waals surface area contributed by atoms with Crippen molar-refractivity contribution in [2.75, 3.05) is 11.1 Å². The number of benzene rings is 2. The minimum Gasteiger partial charge on any atom is -0.399 e. The highest BCUT2D eigenvalue weighted by Crippen LogP contribution is 2.21. The molecule has 2 aromatic rings. The highest BCUT2D eigenvalue weighted by Gasteiger charge is 2.10. The molecule has 2 rings (SSSR count). The van der Waals surface area contributed by atoms with Crippen LogP contribution in [0.1, 0.15) is 21.5 Å². The van der Waals surface area contributed by atoms with Crippen molar-refractivity contribution < 1.29 is 4.79 Å². The second kappa shape index (κ2) is 5.33. The van der Waals surface area contributed by atoms with Crippen molar-refractivity contribution in [1.29, 1.82) is 0 Å². The van der Waals surface area contributed by atoms with E-state index in [1.807, 2.05) is 32.0 Å². The third-order valence-corrected chi connectivity index (χ3v) is 3.34. The normalized spacial score (nSPS) is 10.3. The molecule has 98 valence electrons. The highest BCUT2D eigenvalue weighted by molar-refractivity contribution is 6.31. The van der Waals surface area contributed by atoms with Crippen molar-refractivity contribution in [2.24, 2.45) is 0 Å². The number of amides is 1. The summed E-state index contributed by atoms with van der Waals surface area (Å²) in [5.74, 6) is -0.190. The van der Waals surface area contributed by atoms with Gasteiger partial charge in [0.25, 0.3) is 5.91 Å². The summed E-state index contributed by atoms with van der Waals surface area (Å²) >= 11 is 6.03. The van der Waals surface area contributed by atoms with Crippen molar-refractivity contribution in [1.82, 2.24) is 0 Å². The number of rotatable bonds is 2. The highest BCUT2D eigenvalue weighted by atomic mass is 35.5. The molecule has 0 saturated heterocycles. The van der Waals surface area contributed by atoms with Gasteiger partial charge in [-0.2, -0.15) is 0 Å². The Kier molecular flexibility index (Phi) is 3.76. The summed E-state index contributed by atoms with van der Waals surface area (Å²) in [6, 6.07) is 10.7. The summed E-state index contributed by atoms with van der Waals surface area (Å²) in [6.07, 6.45) is 0. The zero-order valence-corrected chi connectivity index (χ0v) is 11.6. The van der Waals surface area contributed by atoms with Gasteiger partial charge in [-0.15, -0.1) is 0 Å². The maximum absolute atomic E-state index is 12.2. The van der Waals surface area contributed by atoms with Gasteiger partial charge in [0.15, 0.2) is 0 Å². The van der Waals surface area contributed by atoms with Crippen LogP contribution in [-0.2, 0) is 0 Å². The molecule has 0 fully saturated rings. The van der Waals surface area contributed by atoms with E-state index in [0.29, 0.717) is 22.0 Å². The predicted octanol–water partition coefficient (Wildman–Crippen LogP) is 3.79. The second-order valence-electron chi connectivity index (χ2n) is 4.49. The van der Waals surface area contributed by atoms with Crippen LogP contribution >= 0.6 is 11.6 Å². The largest absolute Gasteiger partial charge is 0.399 e. The van der Waals surface area contributed by atoms with Crippen LogP contribution in [0, 0.1) is 13.8 Å². The minimum absolute atomic E-state index is 0.190. The molecule has 1 amide bonds. The van der Waals surface area contributed by atoms with Crippen LogP contribution in [0.2, 0.25) is 5.02 Å². The lowest BCUT2D eigenvalue weighted by molar-refractivity contribution is 0.102. The van der Waals surface area contributed by atoms with Gasteiger partial charge in [-0.1, -0.05) is 23.7 Å². The third kappa shape index (κ3) is 3.06. The first kappa shape index (κ1) is 13.4. The van der Waals surface area contributed by atoms with Crippen LogP contribution in [0.5, 0.6) is 0 Å². The van der Waals surface area contributed by atoms with Crippen LogP contribution < -0.4 is 11.1 Å². The van der Waals surface area contributed by atoms with Crippen molar-refractivity contribution in [3.8, 4) is 0 Å². The molecule has 0 atom stereocenters. The molecule has 0 radical (unpaired) electrons. The average molecular weight is 275 g/mol. The Morgan fingerprint density at radius 1 is 1.11 bits per heavy atom. The Hall–Kier alpha value is -2.00. The lowest BCUT2D eigenvalue weighted by Crippen LogP contribution is -2.13. The van der Waals surface area contributed by atoms with Crippen molar-refractivity contribution >= 4 is 28.9 Å². The standard InChI is InChI=1S/C15H15ClN2O/c1-9-3-5-11(17)7-13(9)15(19)18-12-6-4-10(2)14(16)8-12/h3-8H,17H2,1-2H3,(H,18,19). The van der Waals surface area contributed by atoms with E-state index in [9.17, 15) is 4.79 Å². The maximum Gasteiger partial charge on any atom is 0.256 e. The van der Waals surface area contributed by atoms with Gasteiger partial charge in [-0.3, -0.25) is 4.79 Å². The number of nitrogen functional groups attached to an aromatic ring is 1. The number of carbonyl (C=O) groups is 1. The Bertz CT molecular complexity index is 638. The molecule has 0 bridgehead atoms. The summed E-state index contributed by atoms with van der Waals surface area (Å²) < 4.78 is 0. The van der Waals surface area contributed by atoms with Crippen LogP contribution in [0.25, 0.3) is 0 Å². The fourth-order valence-corrected chi connectivity index (χ4v) is 1.93. The Labute approximate surface area is 117 Å². The number of aryl methyl sites for hydroxylation is 2. The number of nitrogens with two attached hydrogens (primary N) is 1. The number of carbonyl (C=O) groups excluding carboxylic acids is 1. The molecule has 0 heterocycles. The van der Waals surface area contributed by atoms with E-state index in [1.165, 1.54) is 0 Å². The van der Waals surface area contributed by atoms with E-state index in [1.54, 1.807) is 18.2 Å². The number of halogens is 1. The zero-order chi connectivity index (χ0) is 14.0. The average Bonchev–Trinajstić information content (AvgIpc) is 2.36. The number of hydrogen-bond donors (Lipinski definition) is 2. The molecule has 0 aliphatic heterocycles. The van der Waals surface area contributed by atoms with E-state index in [-0.39, 0.29) is 5.91 Å². The van der Waals surface area contributed by atoms with Crippen LogP contribution in [0.3, 0.4) is 0 Å². The minimum atomic E-state index is -0.190. The molecule has 0 aromatic heterocycles. The lowest BCUT2D eigenvalue weighted by Gasteiger charge is -2.09.